The van der Waals surface area contributed by atoms with Gasteiger partial charge >= 0.3 is 0 Å². The van der Waals surface area contributed by atoms with Crippen LogP contribution in [0.2, 0.25) is 0 Å². The molecule has 1 N–H and O–H groups in total. The van der Waals surface area contributed by atoms with E-state index in [0.29, 0.717) is 0 Å². The Bertz CT molecular complexity index is 538. The van der Waals surface area contributed by atoms with E-state index in [1.807, 2.05) is 19.2 Å². The fourth-order valence-corrected chi connectivity index (χ4v) is 2.16. The van der Waals surface area contributed by atoms with Crippen molar-refractivity contribution in [3.63, 3.8) is 0 Å². The second kappa shape index (κ2) is 7.05. The van der Waals surface area contributed by atoms with Gasteiger partial charge in [0.15, 0.2) is 0 Å². The minimum Gasteiger partial charge on any atom is -0.494 e. The van der Waals surface area contributed by atoms with Crippen molar-refractivity contribution in [1.29, 1.82) is 0 Å². The Hall–Kier alpha value is -1.88. The van der Waals surface area contributed by atoms with Gasteiger partial charge in [-0.15, -0.1) is 5.10 Å². The molecule has 2 aromatic rings. The number of aromatic nitrogens is 3. The summed E-state index contributed by atoms with van der Waals surface area (Å²) in [5.41, 5.74) is 2.20. The molecule has 0 amide bonds. The molecule has 0 fully saturated rings. The smallest absolute Gasteiger partial charge is 0.119 e. The van der Waals surface area contributed by atoms with E-state index in [0.717, 1.165) is 36.6 Å². The lowest BCUT2D eigenvalue weighted by Gasteiger charge is -2.19. The molecule has 0 spiro atoms. The van der Waals surface area contributed by atoms with E-state index in [9.17, 15) is 0 Å². The summed E-state index contributed by atoms with van der Waals surface area (Å²) in [5, 5.41) is 11.4. The first-order valence-electron chi connectivity index (χ1n) is 7.07. The zero-order valence-electron chi connectivity index (χ0n) is 12.3. The minimum absolute atomic E-state index is 0.0742. The molecule has 1 aromatic carbocycles. The van der Waals surface area contributed by atoms with Crippen LogP contribution in [0.3, 0.4) is 0 Å². The zero-order valence-corrected chi connectivity index (χ0v) is 12.3. The standard InChI is InChI=1S/C15H22N4O/c1-4-9-20-13-8-6-7-12(10-13)15(16-5-2)14-11-17-18-19(14)3/h6-8,10-11,15-16H,4-5,9H2,1-3H3. The molecule has 108 valence electrons. The summed E-state index contributed by atoms with van der Waals surface area (Å²) in [4.78, 5) is 0. The van der Waals surface area contributed by atoms with Crippen molar-refractivity contribution in [3.05, 3.63) is 41.7 Å². The predicted octanol–water partition coefficient (Wildman–Crippen LogP) is 2.30. The topological polar surface area (TPSA) is 52.0 Å². The van der Waals surface area contributed by atoms with E-state index < -0.39 is 0 Å². The molecule has 0 saturated carbocycles. The molecular formula is C15H22N4O. The molecule has 0 aliphatic carbocycles. The molecule has 0 aliphatic heterocycles. The van der Waals surface area contributed by atoms with Crippen LogP contribution in [0.15, 0.2) is 30.5 Å². The number of rotatable bonds is 7. The number of hydrogen-bond acceptors (Lipinski definition) is 4. The number of benzene rings is 1. The van der Waals surface area contributed by atoms with Gasteiger partial charge in [-0.05, 0) is 30.7 Å². The van der Waals surface area contributed by atoms with Gasteiger partial charge in [0.25, 0.3) is 0 Å². The molecule has 0 aliphatic rings. The maximum Gasteiger partial charge on any atom is 0.119 e. The Morgan fingerprint density at radius 2 is 2.20 bits per heavy atom. The molecule has 5 heteroatoms. The van der Waals surface area contributed by atoms with E-state index in [1.165, 1.54) is 0 Å². The van der Waals surface area contributed by atoms with Crippen molar-refractivity contribution in [2.24, 2.45) is 7.05 Å². The van der Waals surface area contributed by atoms with Gasteiger partial charge in [0.2, 0.25) is 0 Å². The molecule has 20 heavy (non-hydrogen) atoms. The van der Waals surface area contributed by atoms with Crippen LogP contribution in [0.1, 0.15) is 37.6 Å². The highest BCUT2D eigenvalue weighted by molar-refractivity contribution is 5.34. The minimum atomic E-state index is 0.0742. The molecule has 0 saturated heterocycles. The third kappa shape index (κ3) is 3.36. The van der Waals surface area contributed by atoms with Crippen molar-refractivity contribution in [3.8, 4) is 5.75 Å². The summed E-state index contributed by atoms with van der Waals surface area (Å²) >= 11 is 0. The number of hydrogen-bond donors (Lipinski definition) is 1. The van der Waals surface area contributed by atoms with Gasteiger partial charge in [0.05, 0.1) is 24.5 Å². The van der Waals surface area contributed by atoms with Gasteiger partial charge < -0.3 is 10.1 Å². The van der Waals surface area contributed by atoms with E-state index >= 15 is 0 Å². The number of nitrogens with zero attached hydrogens (tertiary/aromatic N) is 3. The monoisotopic (exact) mass is 274 g/mol. The average Bonchev–Trinajstić information content (AvgIpc) is 2.89. The highest BCUT2D eigenvalue weighted by Crippen LogP contribution is 2.24. The predicted molar refractivity (Wildman–Crippen MR) is 78.8 cm³/mol. The Labute approximate surface area is 120 Å². The second-order valence-corrected chi connectivity index (χ2v) is 4.69. The second-order valence-electron chi connectivity index (χ2n) is 4.69. The first-order chi connectivity index (χ1) is 9.76. The third-order valence-electron chi connectivity index (χ3n) is 3.12. The Morgan fingerprint density at radius 1 is 1.35 bits per heavy atom. The summed E-state index contributed by atoms with van der Waals surface area (Å²) in [6.45, 7) is 5.80. The summed E-state index contributed by atoms with van der Waals surface area (Å²) in [6.07, 6.45) is 2.80. The van der Waals surface area contributed by atoms with Gasteiger partial charge in [-0.2, -0.15) is 0 Å². The Morgan fingerprint density at radius 3 is 2.85 bits per heavy atom. The van der Waals surface area contributed by atoms with E-state index in [-0.39, 0.29) is 6.04 Å². The summed E-state index contributed by atoms with van der Waals surface area (Å²) in [6, 6.07) is 8.26. The molecule has 1 atom stereocenters. The normalized spacial score (nSPS) is 12.3. The van der Waals surface area contributed by atoms with Crippen molar-refractivity contribution in [2.45, 2.75) is 26.3 Å². The summed E-state index contributed by atoms with van der Waals surface area (Å²) in [7, 11) is 1.91. The lowest BCUT2D eigenvalue weighted by atomic mass is 10.0. The number of nitrogens with one attached hydrogen (secondary N) is 1. The molecular weight excluding hydrogens is 252 g/mol. The van der Waals surface area contributed by atoms with Crippen LogP contribution in [-0.2, 0) is 7.05 Å². The quantitative estimate of drug-likeness (QED) is 0.841. The van der Waals surface area contributed by atoms with Gasteiger partial charge in [0, 0.05) is 7.05 Å². The fourth-order valence-electron chi connectivity index (χ4n) is 2.16. The highest BCUT2D eigenvalue weighted by Gasteiger charge is 2.17. The first kappa shape index (κ1) is 14.5. The van der Waals surface area contributed by atoms with Gasteiger partial charge in [-0.1, -0.05) is 31.2 Å². The highest BCUT2D eigenvalue weighted by atomic mass is 16.5. The molecule has 5 nitrogen and oxygen atoms in total. The van der Waals surface area contributed by atoms with Gasteiger partial charge in [-0.25, -0.2) is 0 Å². The van der Waals surface area contributed by atoms with Crippen LogP contribution in [0.25, 0.3) is 0 Å². The van der Waals surface area contributed by atoms with Crippen LogP contribution < -0.4 is 10.1 Å². The lowest BCUT2D eigenvalue weighted by molar-refractivity contribution is 0.317. The molecule has 0 bridgehead atoms. The fraction of sp³-hybridized carbons (Fsp3) is 0.467. The third-order valence-corrected chi connectivity index (χ3v) is 3.12. The van der Waals surface area contributed by atoms with E-state index in [4.69, 9.17) is 4.74 Å². The average molecular weight is 274 g/mol. The van der Waals surface area contributed by atoms with Crippen LogP contribution >= 0.6 is 0 Å². The molecule has 2 rings (SSSR count). The van der Waals surface area contributed by atoms with Crippen LogP contribution in [0.4, 0.5) is 0 Å². The lowest BCUT2D eigenvalue weighted by Crippen LogP contribution is -2.24. The molecule has 1 aromatic heterocycles. The molecule has 1 unspecified atom stereocenters. The SMILES string of the molecule is CCCOc1cccc(C(NCC)c2cnnn2C)c1. The summed E-state index contributed by atoms with van der Waals surface area (Å²) in [5.74, 6) is 0.905. The van der Waals surface area contributed by atoms with Gasteiger partial charge in [-0.3, -0.25) is 4.68 Å². The Kier molecular flexibility index (Phi) is 5.12. The van der Waals surface area contributed by atoms with Crippen LogP contribution in [0.5, 0.6) is 5.75 Å². The number of ether oxygens (including phenoxy) is 1. The largest absolute Gasteiger partial charge is 0.494 e. The van der Waals surface area contributed by atoms with E-state index in [2.05, 4.69) is 41.6 Å². The molecule has 1 heterocycles. The zero-order chi connectivity index (χ0) is 14.4. The Balaban J connectivity index is 2.27. The van der Waals surface area contributed by atoms with E-state index in [1.54, 1.807) is 10.9 Å². The maximum absolute atomic E-state index is 5.71. The van der Waals surface area contributed by atoms with Crippen LogP contribution in [-0.4, -0.2) is 28.1 Å². The maximum atomic E-state index is 5.71. The molecule has 0 radical (unpaired) electrons. The van der Waals surface area contributed by atoms with Crippen molar-refractivity contribution in [1.82, 2.24) is 20.3 Å². The van der Waals surface area contributed by atoms with Gasteiger partial charge in [0.1, 0.15) is 5.75 Å². The van der Waals surface area contributed by atoms with Crippen LogP contribution in [0, 0.1) is 0 Å². The summed E-state index contributed by atoms with van der Waals surface area (Å²) < 4.78 is 7.50. The first-order valence-corrected chi connectivity index (χ1v) is 7.07. The van der Waals surface area contributed by atoms with Crippen molar-refractivity contribution < 1.29 is 4.74 Å². The van der Waals surface area contributed by atoms with Crippen molar-refractivity contribution >= 4 is 0 Å². The number of aryl methyl sites for hydroxylation is 1. The van der Waals surface area contributed by atoms with Crippen molar-refractivity contribution in [2.75, 3.05) is 13.2 Å².